The van der Waals surface area contributed by atoms with Gasteiger partial charge in [0, 0.05) is 24.4 Å². The number of amides is 1. The van der Waals surface area contributed by atoms with Gasteiger partial charge in [0.05, 0.1) is 0 Å². The van der Waals surface area contributed by atoms with Crippen molar-refractivity contribution in [3.63, 3.8) is 0 Å². The van der Waals surface area contributed by atoms with Crippen molar-refractivity contribution >= 4 is 18.3 Å². The van der Waals surface area contributed by atoms with E-state index in [4.69, 9.17) is 5.73 Å². The number of nitrogens with two attached hydrogens (primary N) is 1. The van der Waals surface area contributed by atoms with Crippen molar-refractivity contribution in [2.24, 2.45) is 5.73 Å². The second-order valence-electron chi connectivity index (χ2n) is 6.03. The number of aryl methyl sites for hydroxylation is 1. The molecule has 1 amide bonds. The summed E-state index contributed by atoms with van der Waals surface area (Å²) in [7, 11) is 0. The highest BCUT2D eigenvalue weighted by Gasteiger charge is 2.31. The second kappa shape index (κ2) is 7.09. The third-order valence-corrected chi connectivity index (χ3v) is 4.03. The molecule has 0 bridgehead atoms. The highest BCUT2D eigenvalue weighted by Crippen LogP contribution is 2.36. The Morgan fingerprint density at radius 1 is 1.45 bits per heavy atom. The predicted octanol–water partition coefficient (Wildman–Crippen LogP) is 2.56. The van der Waals surface area contributed by atoms with E-state index >= 15 is 0 Å². The fraction of sp³-hybridized carbons (Fsp3) is 0.562. The molecule has 1 aliphatic carbocycles. The molecule has 0 aliphatic heterocycles. The average Bonchev–Trinajstić information content (AvgIpc) is 2.36. The number of fused-ring (bicyclic) bond motifs is 1. The predicted molar refractivity (Wildman–Crippen MR) is 85.3 cm³/mol. The number of rotatable bonds is 4. The molecule has 2 unspecified atom stereocenters. The largest absolute Gasteiger partial charge is 0.355 e. The van der Waals surface area contributed by atoms with E-state index in [0.29, 0.717) is 13.0 Å². The summed E-state index contributed by atoms with van der Waals surface area (Å²) < 4.78 is 0. The lowest BCUT2D eigenvalue weighted by molar-refractivity contribution is -0.121. The Morgan fingerprint density at radius 3 is 2.85 bits per heavy atom. The fourth-order valence-electron chi connectivity index (χ4n) is 2.97. The van der Waals surface area contributed by atoms with E-state index in [-0.39, 0.29) is 29.8 Å². The van der Waals surface area contributed by atoms with Gasteiger partial charge in [0.1, 0.15) is 0 Å². The molecule has 1 aromatic rings. The molecule has 0 heterocycles. The standard InChI is InChI=1S/C16H24N2O.ClH/c1-12(17)10-15(19)18-11-16(2)9-5-7-13-6-3-4-8-14(13)16;/h3-4,6,8,12H,5,7,9-11,17H2,1-2H3,(H,18,19);1H. The Bertz CT molecular complexity index is 462. The number of benzene rings is 1. The normalized spacial score (nSPS) is 22.4. The number of hydrogen-bond donors (Lipinski definition) is 2. The summed E-state index contributed by atoms with van der Waals surface area (Å²) >= 11 is 0. The first kappa shape index (κ1) is 17.0. The van der Waals surface area contributed by atoms with E-state index in [1.807, 2.05) is 6.92 Å². The van der Waals surface area contributed by atoms with Gasteiger partial charge in [-0.25, -0.2) is 0 Å². The molecule has 0 aromatic heterocycles. The lowest BCUT2D eigenvalue weighted by Crippen LogP contribution is -2.42. The Balaban J connectivity index is 0.00000200. The molecule has 0 fully saturated rings. The van der Waals surface area contributed by atoms with Crippen LogP contribution in [0.4, 0.5) is 0 Å². The van der Waals surface area contributed by atoms with E-state index in [1.165, 1.54) is 17.5 Å². The summed E-state index contributed by atoms with van der Waals surface area (Å²) in [6, 6.07) is 8.51. The molecule has 3 N–H and O–H groups in total. The van der Waals surface area contributed by atoms with E-state index in [2.05, 4.69) is 36.5 Å². The minimum atomic E-state index is -0.0774. The van der Waals surface area contributed by atoms with Crippen molar-refractivity contribution in [3.8, 4) is 0 Å². The first-order valence-corrected chi connectivity index (χ1v) is 7.12. The SMILES string of the molecule is CC(N)CC(=O)NCC1(C)CCCc2ccccc21.Cl. The lowest BCUT2D eigenvalue weighted by atomic mass is 9.71. The first-order chi connectivity index (χ1) is 9.01. The third-order valence-electron chi connectivity index (χ3n) is 4.03. The zero-order chi connectivity index (χ0) is 13.9. The number of carbonyl (C=O) groups is 1. The van der Waals surface area contributed by atoms with Crippen LogP contribution in [0.2, 0.25) is 0 Å². The van der Waals surface area contributed by atoms with Crippen LogP contribution in [0.25, 0.3) is 0 Å². The topological polar surface area (TPSA) is 55.1 Å². The van der Waals surface area contributed by atoms with Gasteiger partial charge >= 0.3 is 0 Å². The van der Waals surface area contributed by atoms with Crippen molar-refractivity contribution in [2.75, 3.05) is 6.54 Å². The van der Waals surface area contributed by atoms with Crippen LogP contribution in [0.15, 0.2) is 24.3 Å². The van der Waals surface area contributed by atoms with Crippen LogP contribution in [-0.2, 0) is 16.6 Å². The van der Waals surface area contributed by atoms with E-state index in [9.17, 15) is 4.79 Å². The second-order valence-corrected chi connectivity index (χ2v) is 6.03. The van der Waals surface area contributed by atoms with Gasteiger partial charge in [-0.3, -0.25) is 4.79 Å². The molecule has 1 aromatic carbocycles. The first-order valence-electron chi connectivity index (χ1n) is 7.12. The Morgan fingerprint density at radius 2 is 2.15 bits per heavy atom. The molecule has 0 radical (unpaired) electrons. The molecule has 2 atom stereocenters. The number of carbonyl (C=O) groups excluding carboxylic acids is 1. The van der Waals surface area contributed by atoms with Crippen LogP contribution in [0.1, 0.15) is 44.2 Å². The zero-order valence-electron chi connectivity index (χ0n) is 12.3. The average molecular weight is 297 g/mol. The molecule has 3 nitrogen and oxygen atoms in total. The molecule has 0 saturated heterocycles. The summed E-state index contributed by atoms with van der Waals surface area (Å²) in [5, 5.41) is 3.05. The highest BCUT2D eigenvalue weighted by molar-refractivity contribution is 5.85. The molecule has 1 aliphatic rings. The number of halogens is 1. The van der Waals surface area contributed by atoms with Crippen molar-refractivity contribution in [1.82, 2.24) is 5.32 Å². The molecule has 4 heteroatoms. The third kappa shape index (κ3) is 3.97. The molecule has 2 rings (SSSR count). The molecule has 0 spiro atoms. The van der Waals surface area contributed by atoms with E-state index in [0.717, 1.165) is 12.8 Å². The Labute approximate surface area is 127 Å². The van der Waals surface area contributed by atoms with Crippen LogP contribution in [0.3, 0.4) is 0 Å². The smallest absolute Gasteiger partial charge is 0.221 e. The summed E-state index contributed by atoms with van der Waals surface area (Å²) in [6.45, 7) is 4.81. The molecule has 0 saturated carbocycles. The highest BCUT2D eigenvalue weighted by atomic mass is 35.5. The molecular formula is C16H25ClN2O. The summed E-state index contributed by atoms with van der Waals surface area (Å²) in [4.78, 5) is 11.8. The van der Waals surface area contributed by atoms with Gasteiger partial charge in [-0.2, -0.15) is 0 Å². The lowest BCUT2D eigenvalue weighted by Gasteiger charge is -2.36. The minimum absolute atomic E-state index is 0. The molecule has 20 heavy (non-hydrogen) atoms. The maximum Gasteiger partial charge on any atom is 0.221 e. The summed E-state index contributed by atoms with van der Waals surface area (Å²) in [5.74, 6) is 0.0549. The number of nitrogens with one attached hydrogen (secondary N) is 1. The quantitative estimate of drug-likeness (QED) is 0.897. The van der Waals surface area contributed by atoms with Crippen molar-refractivity contribution in [1.29, 1.82) is 0 Å². The van der Waals surface area contributed by atoms with Crippen molar-refractivity contribution in [3.05, 3.63) is 35.4 Å². The minimum Gasteiger partial charge on any atom is -0.355 e. The van der Waals surface area contributed by atoms with Crippen LogP contribution in [0.5, 0.6) is 0 Å². The molecule has 112 valence electrons. The zero-order valence-corrected chi connectivity index (χ0v) is 13.1. The van der Waals surface area contributed by atoms with Crippen LogP contribution >= 0.6 is 12.4 Å². The summed E-state index contributed by atoms with van der Waals surface area (Å²) in [6.07, 6.45) is 3.87. The Kier molecular flexibility index (Phi) is 6.03. The van der Waals surface area contributed by atoms with E-state index in [1.54, 1.807) is 0 Å². The molecular weight excluding hydrogens is 272 g/mol. The van der Waals surface area contributed by atoms with Gasteiger partial charge in [0.2, 0.25) is 5.91 Å². The summed E-state index contributed by atoms with van der Waals surface area (Å²) in [5.41, 5.74) is 8.53. The van der Waals surface area contributed by atoms with Gasteiger partial charge < -0.3 is 11.1 Å². The maximum atomic E-state index is 11.8. The Hall–Kier alpha value is -1.06. The van der Waals surface area contributed by atoms with Gasteiger partial charge in [-0.05, 0) is 37.3 Å². The fourth-order valence-corrected chi connectivity index (χ4v) is 2.97. The monoisotopic (exact) mass is 296 g/mol. The van der Waals surface area contributed by atoms with Gasteiger partial charge in [0.25, 0.3) is 0 Å². The van der Waals surface area contributed by atoms with Crippen molar-refractivity contribution < 1.29 is 4.79 Å². The number of hydrogen-bond acceptors (Lipinski definition) is 2. The van der Waals surface area contributed by atoms with Crippen LogP contribution in [-0.4, -0.2) is 18.5 Å². The van der Waals surface area contributed by atoms with Gasteiger partial charge in [-0.1, -0.05) is 31.2 Å². The van der Waals surface area contributed by atoms with Gasteiger partial charge in [-0.15, -0.1) is 12.4 Å². The van der Waals surface area contributed by atoms with E-state index < -0.39 is 0 Å². The van der Waals surface area contributed by atoms with Gasteiger partial charge in [0.15, 0.2) is 0 Å². The van der Waals surface area contributed by atoms with Crippen LogP contribution in [0, 0.1) is 0 Å². The van der Waals surface area contributed by atoms with Crippen molar-refractivity contribution in [2.45, 2.75) is 51.0 Å². The maximum absolute atomic E-state index is 11.8. The van der Waals surface area contributed by atoms with Crippen LogP contribution < -0.4 is 11.1 Å².